The second-order valence-corrected chi connectivity index (χ2v) is 16.3. The molecule has 0 aromatic carbocycles. The first-order valence-electron chi connectivity index (χ1n) is 25.4. The highest BCUT2D eigenvalue weighted by molar-refractivity contribution is 5.70. The number of hydrogen-bond donors (Lipinski definition) is 0. The Labute approximate surface area is 383 Å². The fourth-order valence-electron chi connectivity index (χ4n) is 6.58. The lowest BCUT2D eigenvalue weighted by Crippen LogP contribution is -2.30. The number of carbonyl (C=O) groups excluding carboxylic acids is 2. The monoisotopic (exact) mass is 859 g/mol. The standard InChI is InChI=1S/C57H94O5/c1-4-7-10-13-16-18-20-22-24-26-28-30-32-34-36-38-40-43-46-49-52-60-53-55(62-57(59)51-48-45-41-15-12-9-6-3)54-61-56(58)50-47-44-42-39-37-35-33-31-29-27-25-23-21-19-17-14-11-8-5-2/h7-8,10-11,16-19,22-25,28-31,34,36,55H,4-6,9,12-15,20-21,26-27,32-33,35,37-54H2,1-3H3/b10-7-,11-8-,18-16-,19-17-,24-22-,25-23-,30-28-,31-29-,36-34-. The molecule has 0 aliphatic rings. The summed E-state index contributed by atoms with van der Waals surface area (Å²) >= 11 is 0. The van der Waals surface area contributed by atoms with Crippen molar-refractivity contribution in [2.24, 2.45) is 0 Å². The van der Waals surface area contributed by atoms with Crippen molar-refractivity contribution >= 4 is 11.9 Å². The van der Waals surface area contributed by atoms with Crippen molar-refractivity contribution in [1.82, 2.24) is 0 Å². The molecule has 5 heteroatoms. The molecule has 0 heterocycles. The first-order chi connectivity index (χ1) is 30.6. The molecule has 62 heavy (non-hydrogen) atoms. The van der Waals surface area contributed by atoms with E-state index in [4.69, 9.17) is 14.2 Å². The Hall–Kier alpha value is -3.44. The lowest BCUT2D eigenvalue weighted by atomic mass is 10.1. The summed E-state index contributed by atoms with van der Waals surface area (Å²) in [6, 6.07) is 0. The number of ether oxygens (including phenoxy) is 3. The molecule has 0 rings (SSSR count). The van der Waals surface area contributed by atoms with Crippen LogP contribution in [0.25, 0.3) is 0 Å². The van der Waals surface area contributed by atoms with Gasteiger partial charge in [0.05, 0.1) is 6.61 Å². The van der Waals surface area contributed by atoms with Crippen LogP contribution >= 0.6 is 0 Å². The minimum atomic E-state index is -0.559. The first-order valence-corrected chi connectivity index (χ1v) is 25.4. The molecule has 0 fully saturated rings. The lowest BCUT2D eigenvalue weighted by Gasteiger charge is -2.18. The molecule has 0 amide bonds. The third kappa shape index (κ3) is 49.2. The molecule has 0 bridgehead atoms. The van der Waals surface area contributed by atoms with Gasteiger partial charge in [0.2, 0.25) is 0 Å². The summed E-state index contributed by atoms with van der Waals surface area (Å²) in [4.78, 5) is 25.2. The summed E-state index contributed by atoms with van der Waals surface area (Å²) in [5.41, 5.74) is 0. The zero-order valence-electron chi connectivity index (χ0n) is 40.3. The molecule has 1 atom stereocenters. The van der Waals surface area contributed by atoms with E-state index in [0.29, 0.717) is 19.4 Å². The number of rotatable bonds is 45. The van der Waals surface area contributed by atoms with Crippen LogP contribution in [0.15, 0.2) is 109 Å². The van der Waals surface area contributed by atoms with Crippen molar-refractivity contribution in [3.63, 3.8) is 0 Å². The molecule has 0 spiro atoms. The summed E-state index contributed by atoms with van der Waals surface area (Å²) in [6.07, 6.45) is 71.1. The third-order valence-electron chi connectivity index (χ3n) is 10.3. The normalized spacial score (nSPS) is 13.1. The van der Waals surface area contributed by atoms with Crippen LogP contribution in [0.5, 0.6) is 0 Å². The summed E-state index contributed by atoms with van der Waals surface area (Å²) in [7, 11) is 0. The molecule has 0 aliphatic carbocycles. The Bertz CT molecular complexity index is 1250. The van der Waals surface area contributed by atoms with Gasteiger partial charge >= 0.3 is 11.9 Å². The average molecular weight is 859 g/mol. The first kappa shape index (κ1) is 58.6. The Morgan fingerprint density at radius 1 is 0.371 bits per heavy atom. The Morgan fingerprint density at radius 3 is 1.16 bits per heavy atom. The summed E-state index contributed by atoms with van der Waals surface area (Å²) < 4.78 is 17.3. The molecule has 0 N–H and O–H groups in total. The van der Waals surface area contributed by atoms with Crippen molar-refractivity contribution in [3.8, 4) is 0 Å². The van der Waals surface area contributed by atoms with Crippen LogP contribution in [0, 0.1) is 0 Å². The number of carbonyl (C=O) groups is 2. The zero-order chi connectivity index (χ0) is 44.9. The van der Waals surface area contributed by atoms with Gasteiger partial charge in [-0.1, -0.05) is 207 Å². The SMILES string of the molecule is CC/C=C\C/C=C\C/C=C\C/C=C\C/C=C\CCCCCCOCC(COC(=O)CCCCCCCC/C=C\C/C=C\C/C=C\C/C=C\CC)OC(=O)CCCCCCCCC. The van der Waals surface area contributed by atoms with Crippen molar-refractivity contribution in [2.75, 3.05) is 19.8 Å². The van der Waals surface area contributed by atoms with Gasteiger partial charge in [0.25, 0.3) is 0 Å². The van der Waals surface area contributed by atoms with Crippen LogP contribution in [-0.4, -0.2) is 37.9 Å². The fourth-order valence-corrected chi connectivity index (χ4v) is 6.58. The van der Waals surface area contributed by atoms with Crippen LogP contribution in [0.4, 0.5) is 0 Å². The quantitative estimate of drug-likeness (QED) is 0.0347. The van der Waals surface area contributed by atoms with E-state index >= 15 is 0 Å². The molecule has 1 unspecified atom stereocenters. The van der Waals surface area contributed by atoms with E-state index in [1.807, 2.05) is 0 Å². The van der Waals surface area contributed by atoms with Gasteiger partial charge in [0, 0.05) is 19.4 Å². The number of allylic oxidation sites excluding steroid dienone is 18. The van der Waals surface area contributed by atoms with Gasteiger partial charge in [-0.05, 0) is 103 Å². The Balaban J connectivity index is 4.22. The molecule has 5 nitrogen and oxygen atoms in total. The van der Waals surface area contributed by atoms with E-state index in [-0.39, 0.29) is 25.2 Å². The molecule has 0 saturated carbocycles. The summed E-state index contributed by atoms with van der Waals surface area (Å²) in [5.74, 6) is -0.440. The van der Waals surface area contributed by atoms with Gasteiger partial charge < -0.3 is 14.2 Å². The van der Waals surface area contributed by atoms with Crippen LogP contribution in [0.2, 0.25) is 0 Å². The zero-order valence-corrected chi connectivity index (χ0v) is 40.3. The van der Waals surface area contributed by atoms with Gasteiger partial charge in [-0.25, -0.2) is 0 Å². The minimum Gasteiger partial charge on any atom is -0.462 e. The van der Waals surface area contributed by atoms with E-state index in [1.54, 1.807) is 0 Å². The highest BCUT2D eigenvalue weighted by Crippen LogP contribution is 2.13. The molecule has 0 saturated heterocycles. The van der Waals surface area contributed by atoms with Gasteiger partial charge in [0.1, 0.15) is 6.61 Å². The smallest absolute Gasteiger partial charge is 0.306 e. The van der Waals surface area contributed by atoms with Crippen molar-refractivity contribution in [2.45, 2.75) is 219 Å². The second kappa shape index (κ2) is 51.9. The van der Waals surface area contributed by atoms with Crippen LogP contribution in [-0.2, 0) is 23.8 Å². The maximum atomic E-state index is 12.7. The van der Waals surface area contributed by atoms with E-state index < -0.39 is 6.10 Å². The van der Waals surface area contributed by atoms with Gasteiger partial charge in [-0.2, -0.15) is 0 Å². The van der Waals surface area contributed by atoms with E-state index in [0.717, 1.165) is 128 Å². The summed E-state index contributed by atoms with van der Waals surface area (Å²) in [6.45, 7) is 7.48. The maximum Gasteiger partial charge on any atom is 0.306 e. The molecule has 0 radical (unpaired) electrons. The van der Waals surface area contributed by atoms with E-state index in [9.17, 15) is 9.59 Å². The van der Waals surface area contributed by atoms with Crippen LogP contribution < -0.4 is 0 Å². The largest absolute Gasteiger partial charge is 0.462 e. The lowest BCUT2D eigenvalue weighted by molar-refractivity contribution is -0.163. The Morgan fingerprint density at radius 2 is 0.726 bits per heavy atom. The Kier molecular flexibility index (Phi) is 49.0. The fraction of sp³-hybridized carbons (Fsp3) is 0.649. The highest BCUT2D eigenvalue weighted by Gasteiger charge is 2.17. The topological polar surface area (TPSA) is 61.8 Å². The molecule has 0 aliphatic heterocycles. The predicted octanol–water partition coefficient (Wildman–Crippen LogP) is 17.2. The predicted molar refractivity (Wildman–Crippen MR) is 269 cm³/mol. The number of esters is 2. The molecular formula is C57H94O5. The molecule has 0 aromatic rings. The number of unbranched alkanes of at least 4 members (excludes halogenated alkanes) is 16. The van der Waals surface area contributed by atoms with Crippen molar-refractivity contribution in [3.05, 3.63) is 109 Å². The maximum absolute atomic E-state index is 12.7. The number of hydrogen-bond acceptors (Lipinski definition) is 5. The summed E-state index contributed by atoms with van der Waals surface area (Å²) in [5, 5.41) is 0. The second-order valence-electron chi connectivity index (χ2n) is 16.3. The van der Waals surface area contributed by atoms with Gasteiger partial charge in [0.15, 0.2) is 6.10 Å². The highest BCUT2D eigenvalue weighted by atomic mass is 16.6. The van der Waals surface area contributed by atoms with Crippen molar-refractivity contribution in [1.29, 1.82) is 0 Å². The van der Waals surface area contributed by atoms with Gasteiger partial charge in [-0.3, -0.25) is 9.59 Å². The van der Waals surface area contributed by atoms with E-state index in [1.165, 1.54) is 51.4 Å². The molecule has 0 aromatic heterocycles. The van der Waals surface area contributed by atoms with Gasteiger partial charge in [-0.15, -0.1) is 0 Å². The van der Waals surface area contributed by atoms with Crippen LogP contribution in [0.3, 0.4) is 0 Å². The molecular weight excluding hydrogens is 765 g/mol. The molecule has 352 valence electrons. The average Bonchev–Trinajstić information content (AvgIpc) is 3.27. The minimum absolute atomic E-state index is 0.0616. The van der Waals surface area contributed by atoms with E-state index in [2.05, 4.69) is 130 Å². The van der Waals surface area contributed by atoms with Crippen molar-refractivity contribution < 1.29 is 23.8 Å². The van der Waals surface area contributed by atoms with Crippen LogP contribution in [0.1, 0.15) is 213 Å². The third-order valence-corrected chi connectivity index (χ3v) is 10.3.